The molecule has 0 bridgehead atoms. The predicted octanol–water partition coefficient (Wildman–Crippen LogP) is 2.96. The minimum Gasteiger partial charge on any atom is -0.473 e. The third kappa shape index (κ3) is 4.96. The van der Waals surface area contributed by atoms with Gasteiger partial charge in [0, 0.05) is 24.2 Å². The zero-order chi connectivity index (χ0) is 19.6. The van der Waals surface area contributed by atoms with Crippen molar-refractivity contribution < 1.29 is 23.5 Å². The molecule has 2 heterocycles. The number of carbonyl (C=O) groups is 2. The van der Waals surface area contributed by atoms with Crippen LogP contribution in [0.2, 0.25) is 0 Å². The van der Waals surface area contributed by atoms with E-state index >= 15 is 0 Å². The summed E-state index contributed by atoms with van der Waals surface area (Å²) in [6.45, 7) is 5.62. The fourth-order valence-electron chi connectivity index (χ4n) is 2.73. The van der Waals surface area contributed by atoms with Crippen molar-refractivity contribution in [1.82, 2.24) is 15.2 Å². The van der Waals surface area contributed by atoms with Gasteiger partial charge in [-0.2, -0.15) is 0 Å². The molecule has 1 N–H and O–H groups in total. The van der Waals surface area contributed by atoms with Crippen molar-refractivity contribution >= 4 is 12.0 Å². The van der Waals surface area contributed by atoms with E-state index in [1.165, 1.54) is 0 Å². The molecule has 1 aliphatic carbocycles. The van der Waals surface area contributed by atoms with Crippen molar-refractivity contribution in [3.05, 3.63) is 35.3 Å². The lowest BCUT2D eigenvalue weighted by molar-refractivity contribution is 0.0531. The second-order valence-electron chi connectivity index (χ2n) is 7.72. The van der Waals surface area contributed by atoms with E-state index < -0.39 is 11.7 Å². The van der Waals surface area contributed by atoms with Gasteiger partial charge in [0.15, 0.2) is 0 Å². The summed E-state index contributed by atoms with van der Waals surface area (Å²) >= 11 is 0. The Morgan fingerprint density at radius 2 is 2.15 bits per heavy atom. The normalized spacial score (nSPS) is 17.0. The van der Waals surface area contributed by atoms with Crippen LogP contribution >= 0.6 is 0 Å². The summed E-state index contributed by atoms with van der Waals surface area (Å²) in [5.41, 5.74) is 0.892. The van der Waals surface area contributed by atoms with Crippen LogP contribution in [0.3, 0.4) is 0 Å². The van der Waals surface area contributed by atoms with Crippen molar-refractivity contribution in [1.29, 1.82) is 0 Å². The van der Waals surface area contributed by atoms with Gasteiger partial charge >= 0.3 is 6.09 Å². The summed E-state index contributed by atoms with van der Waals surface area (Å²) in [6, 6.07) is 3.63. The van der Waals surface area contributed by atoms with Gasteiger partial charge < -0.3 is 19.7 Å². The molecule has 0 spiro atoms. The molecule has 7 nitrogen and oxygen atoms in total. The van der Waals surface area contributed by atoms with Crippen molar-refractivity contribution in [2.24, 2.45) is 0 Å². The maximum absolute atomic E-state index is 13.1. The standard InChI is InChI=1S/C19H24FN3O4/c1-19(2,3)27-18(25)21-9-12(8-20)11-26-16-7-6-14-15(22-16)10-23(17(14)24)13-4-5-13/h6-8,13H,4-5,9-11H2,1-3H3,(H,21,25)/b12-8+. The van der Waals surface area contributed by atoms with Crippen LogP contribution in [0.5, 0.6) is 5.88 Å². The fourth-order valence-corrected chi connectivity index (χ4v) is 2.73. The van der Waals surface area contributed by atoms with E-state index in [4.69, 9.17) is 9.47 Å². The van der Waals surface area contributed by atoms with Crippen molar-refractivity contribution in [2.75, 3.05) is 13.2 Å². The number of ether oxygens (including phenoxy) is 2. The molecule has 1 aromatic heterocycles. The molecule has 0 saturated heterocycles. The number of nitrogens with zero attached hydrogens (tertiary/aromatic N) is 2. The van der Waals surface area contributed by atoms with Crippen LogP contribution in [0.15, 0.2) is 24.0 Å². The maximum Gasteiger partial charge on any atom is 0.407 e. The number of pyridine rings is 1. The summed E-state index contributed by atoms with van der Waals surface area (Å²) in [5.74, 6) is 0.327. The SMILES string of the molecule is CC(C)(C)OC(=O)NC/C(=C\F)COc1ccc2c(n1)CN(C1CC1)C2=O. The highest BCUT2D eigenvalue weighted by molar-refractivity contribution is 5.98. The minimum atomic E-state index is -0.629. The molecule has 2 amide bonds. The van der Waals surface area contributed by atoms with Gasteiger partial charge in [-0.1, -0.05) is 0 Å². The second kappa shape index (κ2) is 7.54. The number of hydrogen-bond donors (Lipinski definition) is 1. The van der Waals surface area contributed by atoms with Crippen molar-refractivity contribution in [3.8, 4) is 5.88 Å². The summed E-state index contributed by atoms with van der Waals surface area (Å²) in [4.78, 5) is 30.1. The number of aromatic nitrogens is 1. The number of carbonyl (C=O) groups excluding carboxylic acids is 2. The van der Waals surface area contributed by atoms with E-state index in [-0.39, 0.29) is 24.6 Å². The molecule has 1 saturated carbocycles. The largest absolute Gasteiger partial charge is 0.473 e. The summed E-state index contributed by atoms with van der Waals surface area (Å²) in [7, 11) is 0. The van der Waals surface area contributed by atoms with Gasteiger partial charge in [0.05, 0.1) is 24.1 Å². The molecule has 0 aromatic carbocycles. The van der Waals surface area contributed by atoms with Gasteiger partial charge in [0.2, 0.25) is 5.88 Å². The molecule has 0 unspecified atom stereocenters. The van der Waals surface area contributed by atoms with E-state index in [0.29, 0.717) is 36.1 Å². The molecule has 1 fully saturated rings. The van der Waals surface area contributed by atoms with Gasteiger partial charge in [-0.25, -0.2) is 14.2 Å². The fraction of sp³-hybridized carbons (Fsp3) is 0.526. The molecular formula is C19H24FN3O4. The molecule has 146 valence electrons. The Labute approximate surface area is 157 Å². The first kappa shape index (κ1) is 19.1. The second-order valence-corrected chi connectivity index (χ2v) is 7.72. The molecule has 2 aliphatic rings. The number of alkyl carbamates (subject to hydrolysis) is 1. The predicted molar refractivity (Wildman–Crippen MR) is 96.1 cm³/mol. The van der Waals surface area contributed by atoms with Crippen LogP contribution < -0.4 is 10.1 Å². The van der Waals surface area contributed by atoms with Crippen LogP contribution in [-0.2, 0) is 11.3 Å². The van der Waals surface area contributed by atoms with Gasteiger partial charge in [-0.15, -0.1) is 0 Å². The van der Waals surface area contributed by atoms with Crippen LogP contribution in [0.25, 0.3) is 0 Å². The van der Waals surface area contributed by atoms with Gasteiger partial charge in [0.1, 0.15) is 12.2 Å². The number of rotatable bonds is 6. The molecule has 0 atom stereocenters. The molecule has 27 heavy (non-hydrogen) atoms. The first-order chi connectivity index (χ1) is 12.8. The van der Waals surface area contributed by atoms with Gasteiger partial charge in [-0.05, 0) is 39.7 Å². The van der Waals surface area contributed by atoms with Crippen molar-refractivity contribution in [3.63, 3.8) is 0 Å². The Balaban J connectivity index is 1.51. The quantitative estimate of drug-likeness (QED) is 0.824. The highest BCUT2D eigenvalue weighted by Gasteiger charge is 2.39. The van der Waals surface area contributed by atoms with E-state index in [1.807, 2.05) is 4.90 Å². The van der Waals surface area contributed by atoms with E-state index in [0.717, 1.165) is 12.8 Å². The van der Waals surface area contributed by atoms with E-state index in [1.54, 1.807) is 32.9 Å². The van der Waals surface area contributed by atoms with Gasteiger partial charge in [-0.3, -0.25) is 4.79 Å². The van der Waals surface area contributed by atoms with E-state index in [9.17, 15) is 14.0 Å². The first-order valence-electron chi connectivity index (χ1n) is 8.95. The number of amides is 2. The highest BCUT2D eigenvalue weighted by Crippen LogP contribution is 2.34. The number of nitrogens with one attached hydrogen (secondary N) is 1. The summed E-state index contributed by atoms with van der Waals surface area (Å²) < 4.78 is 23.7. The minimum absolute atomic E-state index is 0.0115. The molecule has 1 aromatic rings. The summed E-state index contributed by atoms with van der Waals surface area (Å²) in [6.07, 6.45) is 1.84. The van der Waals surface area contributed by atoms with Crippen LogP contribution in [-0.4, -0.2) is 46.7 Å². The average Bonchev–Trinajstić information content (AvgIpc) is 3.38. The Bertz CT molecular complexity index is 769. The first-order valence-corrected chi connectivity index (χ1v) is 8.95. The number of hydrogen-bond acceptors (Lipinski definition) is 5. The topological polar surface area (TPSA) is 80.8 Å². The molecule has 0 radical (unpaired) electrons. The van der Waals surface area contributed by atoms with Crippen molar-refractivity contribution in [2.45, 2.75) is 51.8 Å². The lowest BCUT2D eigenvalue weighted by Gasteiger charge is -2.20. The molecule has 1 aliphatic heterocycles. The van der Waals surface area contributed by atoms with E-state index in [2.05, 4.69) is 10.3 Å². The Morgan fingerprint density at radius 1 is 1.41 bits per heavy atom. The highest BCUT2D eigenvalue weighted by atomic mass is 19.1. The monoisotopic (exact) mass is 377 g/mol. The zero-order valence-electron chi connectivity index (χ0n) is 15.8. The Hall–Kier alpha value is -2.64. The Kier molecular flexibility index (Phi) is 5.34. The smallest absolute Gasteiger partial charge is 0.407 e. The number of fused-ring (bicyclic) bond motifs is 1. The average molecular weight is 377 g/mol. The van der Waals surface area contributed by atoms with Crippen LogP contribution in [0.4, 0.5) is 9.18 Å². The maximum atomic E-state index is 13.1. The third-order valence-electron chi connectivity index (χ3n) is 4.17. The van der Waals surface area contributed by atoms with Crippen LogP contribution in [0.1, 0.15) is 49.7 Å². The number of halogens is 1. The zero-order valence-corrected chi connectivity index (χ0v) is 15.8. The summed E-state index contributed by atoms with van der Waals surface area (Å²) in [5, 5.41) is 2.48. The lowest BCUT2D eigenvalue weighted by atomic mass is 10.2. The third-order valence-corrected chi connectivity index (χ3v) is 4.17. The van der Waals surface area contributed by atoms with Gasteiger partial charge in [0.25, 0.3) is 5.91 Å². The Morgan fingerprint density at radius 3 is 2.78 bits per heavy atom. The molecule has 3 rings (SSSR count). The van der Waals surface area contributed by atoms with Crippen LogP contribution in [0, 0.1) is 0 Å². The lowest BCUT2D eigenvalue weighted by Crippen LogP contribution is -2.34. The molecular weight excluding hydrogens is 353 g/mol. The molecule has 8 heteroatoms.